The Morgan fingerprint density at radius 2 is 1.79 bits per heavy atom. The first-order valence-corrected chi connectivity index (χ1v) is 10.1. The highest BCUT2D eigenvalue weighted by Crippen LogP contribution is 2.16. The molecule has 0 radical (unpaired) electrons. The summed E-state index contributed by atoms with van der Waals surface area (Å²) in [6.07, 6.45) is 0. The molecule has 2 aromatic carbocycles. The molecule has 0 aliphatic rings. The summed E-state index contributed by atoms with van der Waals surface area (Å²) in [5.41, 5.74) is 0.931. The van der Waals surface area contributed by atoms with Crippen LogP contribution in [0.2, 0.25) is 0 Å². The number of furan rings is 1. The summed E-state index contributed by atoms with van der Waals surface area (Å²) in [6, 6.07) is 16.1. The molecule has 1 N–H and O–H groups in total. The van der Waals surface area contributed by atoms with Crippen LogP contribution in [-0.2, 0) is 23.1 Å². The first-order valence-electron chi connectivity index (χ1n) is 8.77. The topological polar surface area (TPSA) is 68.5 Å². The van der Waals surface area contributed by atoms with Gasteiger partial charge in [0, 0.05) is 11.4 Å². The van der Waals surface area contributed by atoms with Crippen molar-refractivity contribution in [3.05, 3.63) is 83.6 Å². The van der Waals surface area contributed by atoms with E-state index in [9.17, 15) is 13.4 Å². The first kappa shape index (κ1) is 19.8. The molecule has 5 nitrogen and oxygen atoms in total. The van der Waals surface area contributed by atoms with Gasteiger partial charge in [0.05, 0.1) is 23.2 Å². The van der Waals surface area contributed by atoms with Gasteiger partial charge in [-0.05, 0) is 61.0 Å². The van der Waals surface area contributed by atoms with Gasteiger partial charge < -0.3 is 14.5 Å². The average molecular weight is 401 g/mol. The van der Waals surface area contributed by atoms with Crippen LogP contribution in [0.5, 0.6) is 5.75 Å². The third-order valence-electron chi connectivity index (χ3n) is 3.92. The minimum absolute atomic E-state index is 0.109. The van der Waals surface area contributed by atoms with Crippen molar-refractivity contribution in [1.29, 1.82) is 0 Å². The van der Waals surface area contributed by atoms with Crippen LogP contribution in [0.4, 0.5) is 4.39 Å². The second-order valence-corrected chi connectivity index (χ2v) is 7.42. The third-order valence-corrected chi connectivity index (χ3v) is 5.27. The van der Waals surface area contributed by atoms with Crippen molar-refractivity contribution in [2.45, 2.75) is 24.1 Å². The average Bonchev–Trinajstić information content (AvgIpc) is 3.16. The SMILES string of the molecule is CCOc1ccc(CNC(=O)c2ccc(C[S@](=O)c3ccc(F)cc3)o2)cc1. The number of rotatable bonds is 8. The highest BCUT2D eigenvalue weighted by atomic mass is 32.2. The van der Waals surface area contributed by atoms with Gasteiger partial charge >= 0.3 is 0 Å². The van der Waals surface area contributed by atoms with Gasteiger partial charge in [0.1, 0.15) is 17.3 Å². The fourth-order valence-electron chi connectivity index (χ4n) is 2.52. The van der Waals surface area contributed by atoms with Crippen molar-refractivity contribution in [2.24, 2.45) is 0 Å². The lowest BCUT2D eigenvalue weighted by atomic mass is 10.2. The zero-order valence-corrected chi connectivity index (χ0v) is 16.1. The third kappa shape index (κ3) is 5.29. The van der Waals surface area contributed by atoms with Crippen LogP contribution in [0.25, 0.3) is 0 Å². The molecule has 0 spiro atoms. The zero-order chi connectivity index (χ0) is 19.9. The summed E-state index contributed by atoms with van der Waals surface area (Å²) < 4.78 is 36.1. The lowest BCUT2D eigenvalue weighted by Gasteiger charge is -2.06. The number of halogens is 1. The van der Waals surface area contributed by atoms with E-state index in [2.05, 4.69) is 5.32 Å². The Kier molecular flexibility index (Phi) is 6.60. The number of hydrogen-bond donors (Lipinski definition) is 1. The molecule has 0 unspecified atom stereocenters. The van der Waals surface area contributed by atoms with Crippen LogP contribution in [0.1, 0.15) is 28.8 Å². The maximum atomic E-state index is 13.0. The second-order valence-electron chi connectivity index (χ2n) is 5.97. The van der Waals surface area contributed by atoms with Crippen molar-refractivity contribution in [3.63, 3.8) is 0 Å². The summed E-state index contributed by atoms with van der Waals surface area (Å²) in [6.45, 7) is 2.87. The minimum Gasteiger partial charge on any atom is -0.494 e. The van der Waals surface area contributed by atoms with Gasteiger partial charge in [0.2, 0.25) is 0 Å². The largest absolute Gasteiger partial charge is 0.494 e. The quantitative estimate of drug-likeness (QED) is 0.618. The molecule has 1 aromatic heterocycles. The van der Waals surface area contributed by atoms with Crippen molar-refractivity contribution in [3.8, 4) is 5.75 Å². The Morgan fingerprint density at radius 1 is 1.07 bits per heavy atom. The highest BCUT2D eigenvalue weighted by Gasteiger charge is 2.13. The van der Waals surface area contributed by atoms with E-state index in [1.807, 2.05) is 31.2 Å². The molecule has 1 atom stereocenters. The first-order chi connectivity index (χ1) is 13.5. The molecule has 0 aliphatic heterocycles. The monoisotopic (exact) mass is 401 g/mol. The predicted molar refractivity (Wildman–Crippen MR) is 104 cm³/mol. The van der Waals surface area contributed by atoms with E-state index in [1.54, 1.807) is 12.1 Å². The highest BCUT2D eigenvalue weighted by molar-refractivity contribution is 7.84. The van der Waals surface area contributed by atoms with E-state index in [1.165, 1.54) is 24.3 Å². The molecule has 3 aromatic rings. The van der Waals surface area contributed by atoms with Gasteiger partial charge in [-0.25, -0.2) is 4.39 Å². The fraction of sp³-hybridized carbons (Fsp3) is 0.190. The molecule has 28 heavy (non-hydrogen) atoms. The van der Waals surface area contributed by atoms with Crippen LogP contribution < -0.4 is 10.1 Å². The summed E-state index contributed by atoms with van der Waals surface area (Å²) in [4.78, 5) is 12.7. The predicted octanol–water partition coefficient (Wildman–Crippen LogP) is 4.06. The van der Waals surface area contributed by atoms with Gasteiger partial charge in [-0.3, -0.25) is 9.00 Å². The molecule has 1 amide bonds. The number of carbonyl (C=O) groups is 1. The minimum atomic E-state index is -1.38. The smallest absolute Gasteiger partial charge is 0.287 e. The van der Waals surface area contributed by atoms with E-state index in [0.29, 0.717) is 23.8 Å². The molecule has 0 aliphatic carbocycles. The van der Waals surface area contributed by atoms with Crippen LogP contribution in [-0.4, -0.2) is 16.7 Å². The standard InChI is InChI=1S/C21H20FNO4S/c1-2-26-17-7-3-15(4-8-17)13-23-21(24)20-12-9-18(27-20)14-28(25)19-10-5-16(22)6-11-19/h3-12H,2,13-14H2,1H3,(H,23,24)/t28-/m0/s1. The summed E-state index contributed by atoms with van der Waals surface area (Å²) in [7, 11) is -1.38. The van der Waals surface area contributed by atoms with Gasteiger partial charge in [0.25, 0.3) is 5.91 Å². The molecule has 0 saturated heterocycles. The Bertz CT molecular complexity index is 951. The number of ether oxygens (including phenoxy) is 1. The van der Waals surface area contributed by atoms with Crippen molar-refractivity contribution >= 4 is 16.7 Å². The van der Waals surface area contributed by atoms with Crippen molar-refractivity contribution in [2.75, 3.05) is 6.61 Å². The number of benzene rings is 2. The summed E-state index contributed by atoms with van der Waals surface area (Å²) >= 11 is 0. The molecule has 0 fully saturated rings. The fourth-order valence-corrected chi connectivity index (χ4v) is 3.54. The van der Waals surface area contributed by atoms with E-state index >= 15 is 0 Å². The number of carbonyl (C=O) groups excluding carboxylic acids is 1. The Morgan fingerprint density at radius 3 is 2.46 bits per heavy atom. The molecule has 0 saturated carbocycles. The van der Waals surface area contributed by atoms with Crippen molar-refractivity contribution < 1.29 is 22.5 Å². The van der Waals surface area contributed by atoms with E-state index in [4.69, 9.17) is 9.15 Å². The zero-order valence-electron chi connectivity index (χ0n) is 15.3. The van der Waals surface area contributed by atoms with Crippen LogP contribution in [0.15, 0.2) is 70.0 Å². The lowest BCUT2D eigenvalue weighted by molar-refractivity contribution is 0.0921. The molecule has 7 heteroatoms. The Hall–Kier alpha value is -2.93. The molecule has 1 heterocycles. The maximum absolute atomic E-state index is 13.0. The van der Waals surface area contributed by atoms with E-state index < -0.39 is 10.8 Å². The molecular formula is C21H20FNO4S. The normalized spacial score (nSPS) is 11.8. The van der Waals surface area contributed by atoms with E-state index in [-0.39, 0.29) is 23.2 Å². The Labute approximate surface area is 165 Å². The van der Waals surface area contributed by atoms with Gasteiger partial charge in [0.15, 0.2) is 5.76 Å². The van der Waals surface area contributed by atoms with Crippen LogP contribution in [0, 0.1) is 5.82 Å². The van der Waals surface area contributed by atoms with Gasteiger partial charge in [-0.1, -0.05) is 12.1 Å². The van der Waals surface area contributed by atoms with Crippen LogP contribution in [0.3, 0.4) is 0 Å². The molecule has 0 bridgehead atoms. The van der Waals surface area contributed by atoms with Gasteiger partial charge in [-0.15, -0.1) is 0 Å². The number of hydrogen-bond acceptors (Lipinski definition) is 4. The Balaban J connectivity index is 1.54. The van der Waals surface area contributed by atoms with Crippen LogP contribution >= 0.6 is 0 Å². The lowest BCUT2D eigenvalue weighted by Crippen LogP contribution is -2.22. The summed E-state index contributed by atoms with van der Waals surface area (Å²) in [5, 5.41) is 2.78. The van der Waals surface area contributed by atoms with Gasteiger partial charge in [-0.2, -0.15) is 0 Å². The molecule has 146 valence electrons. The number of nitrogens with one attached hydrogen (secondary N) is 1. The maximum Gasteiger partial charge on any atom is 0.287 e. The molecular weight excluding hydrogens is 381 g/mol. The summed E-state index contributed by atoms with van der Waals surface area (Å²) in [5.74, 6) is 0.726. The number of amides is 1. The second kappa shape index (κ2) is 9.32. The van der Waals surface area contributed by atoms with E-state index in [0.717, 1.165) is 11.3 Å². The molecule has 3 rings (SSSR count). The van der Waals surface area contributed by atoms with Crippen molar-refractivity contribution in [1.82, 2.24) is 5.32 Å².